The number of esters is 1. The van der Waals surface area contributed by atoms with Crippen molar-refractivity contribution in [3.05, 3.63) is 117 Å². The van der Waals surface area contributed by atoms with Crippen LogP contribution in [0.25, 0.3) is 0 Å². The lowest BCUT2D eigenvalue weighted by molar-refractivity contribution is -0.173. The van der Waals surface area contributed by atoms with Crippen LogP contribution in [0.5, 0.6) is 0 Å². The average Bonchev–Trinajstić information content (AvgIpc) is 4.33. The van der Waals surface area contributed by atoms with Crippen molar-refractivity contribution in [2.24, 2.45) is 58.5 Å². The molecule has 13 rings (SSSR count). The van der Waals surface area contributed by atoms with Gasteiger partial charge < -0.3 is 52.0 Å². The second-order valence-electron chi connectivity index (χ2n) is 25.1. The summed E-state index contributed by atoms with van der Waals surface area (Å²) < 4.78 is 14.0. The monoisotopic (exact) mass is 1020 g/mol. The molecule has 6 aliphatic heterocycles. The maximum absolute atomic E-state index is 16.2. The summed E-state index contributed by atoms with van der Waals surface area (Å²) in [5.74, 6) is 1.20. The fourth-order valence-electron chi connectivity index (χ4n) is 17.5. The zero-order valence-corrected chi connectivity index (χ0v) is 44.8. The number of likely N-dealkylation sites (N-methyl/N-ethyl adjacent to an activating group) is 1. The molecule has 1 aromatic rings. The molecule has 0 radical (unpaired) electrons. The molecule has 75 heavy (non-hydrogen) atoms. The van der Waals surface area contributed by atoms with Gasteiger partial charge in [-0.1, -0.05) is 80.8 Å². The minimum atomic E-state index is -2.26. The maximum atomic E-state index is 16.2. The van der Waals surface area contributed by atoms with Gasteiger partial charge in [-0.25, -0.2) is 4.79 Å². The van der Waals surface area contributed by atoms with Gasteiger partial charge in [0.1, 0.15) is 11.9 Å². The Kier molecular flexibility index (Phi) is 13.4. The van der Waals surface area contributed by atoms with Gasteiger partial charge in [0.2, 0.25) is 5.78 Å². The standard InChI is InChI=1S/C62H82N6O7/c1-5-67-60-24-20-38(22-26-69)54-53(60)46-18-17-37(44-12-6-10-42(31-60)50(44)46)11-8-23-59(3,29-36-14-19-48(63)66-33-36)30-41-9-7-13-47-51(41)56(72)62(58(73)74-54)61(75-62,55(47)71)32-43(34-70)35(2)27-39-15-16-40-28-49(64-4)68-57-52(40)45(39)21-25-65-57/h6-7,9-10,13-14,19,21,31,33,37-40,44,46,48-50,53-54,64-70H,5,8,11-12,15-18,20,22-30,32,34,63H2,1-4H3. The van der Waals surface area contributed by atoms with Crippen molar-refractivity contribution in [2.45, 2.75) is 159 Å². The number of aliphatic hydroxyl groups excluding tert-OH is 2. The molecule has 15 unspecified atom stereocenters. The normalized spacial score (nSPS) is 40.5. The number of epoxide rings is 1. The minimum Gasteiger partial charge on any atom is -0.459 e. The number of dihydropyridines is 2. The molecule has 15 atom stereocenters. The topological polar surface area (TPSA) is 200 Å². The first-order valence-corrected chi connectivity index (χ1v) is 29.0. The highest BCUT2D eigenvalue weighted by molar-refractivity contribution is 6.33. The zero-order chi connectivity index (χ0) is 52.0. The summed E-state index contributed by atoms with van der Waals surface area (Å²) in [5, 5.41) is 40.1. The fourth-order valence-corrected chi connectivity index (χ4v) is 17.5. The largest absolute Gasteiger partial charge is 0.459 e. The van der Waals surface area contributed by atoms with Gasteiger partial charge in [0.25, 0.3) is 5.60 Å². The molecular weight excluding hydrogens is 941 g/mol. The molecule has 13 nitrogen and oxygen atoms in total. The van der Waals surface area contributed by atoms with Crippen LogP contribution in [0, 0.1) is 52.8 Å². The molecule has 1 saturated heterocycles. The van der Waals surface area contributed by atoms with Crippen LogP contribution in [0.3, 0.4) is 0 Å². The van der Waals surface area contributed by atoms with Crippen molar-refractivity contribution in [3.63, 3.8) is 0 Å². The Morgan fingerprint density at radius 3 is 2.67 bits per heavy atom. The number of Topliss-reactive ketones (excluding diaryl/α,β-unsaturated/α-hetero) is 2. The third-order valence-corrected chi connectivity index (χ3v) is 20.9. The Morgan fingerprint density at radius 2 is 1.88 bits per heavy atom. The highest BCUT2D eigenvalue weighted by atomic mass is 16.7. The highest BCUT2D eigenvalue weighted by Gasteiger charge is 2.86. The van der Waals surface area contributed by atoms with E-state index < -0.39 is 40.4 Å². The molecule has 1 spiro atoms. The Morgan fingerprint density at radius 1 is 1.01 bits per heavy atom. The number of fused-ring (bicyclic) bond motifs is 6. The molecule has 6 heterocycles. The third kappa shape index (κ3) is 8.33. The van der Waals surface area contributed by atoms with Crippen LogP contribution < -0.4 is 32.3 Å². The number of carbonyl (C=O) groups excluding carboxylic acids is 3. The molecule has 1 aromatic carbocycles. The molecule has 13 heteroatoms. The van der Waals surface area contributed by atoms with E-state index >= 15 is 14.4 Å². The van der Waals surface area contributed by atoms with Crippen LogP contribution in [-0.4, -0.2) is 96.3 Å². The number of nitrogens with one attached hydrogen (secondary N) is 5. The summed E-state index contributed by atoms with van der Waals surface area (Å²) in [4.78, 5) is 48.2. The van der Waals surface area contributed by atoms with E-state index in [0.29, 0.717) is 48.5 Å². The van der Waals surface area contributed by atoms with E-state index in [2.05, 4.69) is 70.8 Å². The Bertz CT molecular complexity index is 2740. The van der Waals surface area contributed by atoms with E-state index in [1.54, 1.807) is 6.07 Å². The van der Waals surface area contributed by atoms with Crippen LogP contribution in [0.1, 0.15) is 143 Å². The molecule has 6 aliphatic carbocycles. The lowest BCUT2D eigenvalue weighted by Gasteiger charge is -2.60. The van der Waals surface area contributed by atoms with Gasteiger partial charge in [0.15, 0.2) is 11.4 Å². The van der Waals surface area contributed by atoms with Gasteiger partial charge in [-0.2, -0.15) is 0 Å². The van der Waals surface area contributed by atoms with Crippen LogP contribution in [0.15, 0.2) is 100 Å². The van der Waals surface area contributed by atoms with E-state index in [4.69, 9.17) is 15.2 Å². The number of ketones is 2. The Labute approximate surface area is 443 Å². The SMILES string of the molecule is CCNC12C=C3C=CCC4C5CCCC(C)(CC6=CNC(N)C=C6)Cc6cccc7c6C(=O)C6(OC6(CC(CO)=C(C)CC6CCC8CC(NC)NC9=C8C6=CCN9)C7=O)C(=O)OC(C(CCO)CC1)C2C(CC5)C34. The van der Waals surface area contributed by atoms with Crippen LogP contribution in [0.2, 0.25) is 0 Å². The van der Waals surface area contributed by atoms with Crippen molar-refractivity contribution in [1.82, 2.24) is 26.6 Å². The molecule has 12 aliphatic rings. The van der Waals surface area contributed by atoms with Gasteiger partial charge in [-0.05, 0) is 190 Å². The summed E-state index contributed by atoms with van der Waals surface area (Å²) in [5.41, 5.74) is 9.28. The molecule has 9 N–H and O–H groups in total. The van der Waals surface area contributed by atoms with Gasteiger partial charge in [-0.3, -0.25) is 9.59 Å². The fraction of sp³-hybridized carbons (Fsp3) is 0.629. The zero-order valence-electron chi connectivity index (χ0n) is 44.8. The number of aliphatic hydroxyl groups is 2. The number of hydrogen-bond acceptors (Lipinski definition) is 13. The summed E-state index contributed by atoms with van der Waals surface area (Å²) >= 11 is 0. The van der Waals surface area contributed by atoms with Crippen LogP contribution in [0.4, 0.5) is 0 Å². The lowest BCUT2D eigenvalue weighted by atomic mass is 9.48. The Hall–Kier alpha value is -4.63. The lowest BCUT2D eigenvalue weighted by Crippen LogP contribution is -2.66. The summed E-state index contributed by atoms with van der Waals surface area (Å²) in [6.45, 7) is 7.54. The predicted octanol–water partition coefficient (Wildman–Crippen LogP) is 7.25. The summed E-state index contributed by atoms with van der Waals surface area (Å²) in [7, 11) is 1.99. The van der Waals surface area contributed by atoms with Gasteiger partial charge in [0, 0.05) is 48.4 Å². The summed E-state index contributed by atoms with van der Waals surface area (Å²) in [6.07, 6.45) is 27.9. The second-order valence-corrected chi connectivity index (χ2v) is 25.1. The van der Waals surface area contributed by atoms with E-state index in [0.717, 1.165) is 113 Å². The quantitative estimate of drug-likeness (QED) is 0.0452. The number of hydrogen-bond donors (Lipinski definition) is 8. The third-order valence-electron chi connectivity index (χ3n) is 20.9. The molecule has 4 fully saturated rings. The number of allylic oxidation sites excluding steroid dienone is 8. The summed E-state index contributed by atoms with van der Waals surface area (Å²) in [6, 6.07) is 5.58. The molecular formula is C62H82N6O7. The molecule has 0 amide bonds. The number of carbonyl (C=O) groups is 3. The smallest absolute Gasteiger partial charge is 0.350 e. The van der Waals surface area contributed by atoms with Crippen LogP contribution in [-0.2, 0) is 20.7 Å². The van der Waals surface area contributed by atoms with Crippen molar-refractivity contribution in [1.29, 1.82) is 0 Å². The molecule has 402 valence electrons. The predicted molar refractivity (Wildman–Crippen MR) is 288 cm³/mol. The van der Waals surface area contributed by atoms with Crippen molar-refractivity contribution in [2.75, 3.05) is 33.4 Å². The number of benzene rings is 1. The van der Waals surface area contributed by atoms with Crippen molar-refractivity contribution in [3.8, 4) is 0 Å². The van der Waals surface area contributed by atoms with Crippen molar-refractivity contribution < 1.29 is 34.1 Å². The first-order chi connectivity index (χ1) is 36.3. The van der Waals surface area contributed by atoms with Crippen LogP contribution >= 0.6 is 0 Å². The molecule has 0 aromatic heterocycles. The average molecular weight is 1020 g/mol. The first kappa shape index (κ1) is 51.1. The van der Waals surface area contributed by atoms with Gasteiger partial charge in [0.05, 0.1) is 18.9 Å². The van der Waals surface area contributed by atoms with E-state index in [-0.39, 0.29) is 72.2 Å². The van der Waals surface area contributed by atoms with E-state index in [1.807, 2.05) is 38.4 Å². The van der Waals surface area contributed by atoms with E-state index in [9.17, 15) is 10.2 Å². The molecule has 3 saturated carbocycles. The maximum Gasteiger partial charge on any atom is 0.350 e. The Balaban J connectivity index is 0.969. The number of nitrogens with two attached hydrogens (primary N) is 1. The number of ether oxygens (including phenoxy) is 2. The molecule has 6 bridgehead atoms. The van der Waals surface area contributed by atoms with E-state index in [1.165, 1.54) is 16.7 Å². The second kappa shape index (κ2) is 19.7. The first-order valence-electron chi connectivity index (χ1n) is 29.0. The highest BCUT2D eigenvalue weighted by Crippen LogP contribution is 2.64. The van der Waals surface area contributed by atoms with Crippen molar-refractivity contribution >= 4 is 17.5 Å². The minimum absolute atomic E-state index is 0.0547. The number of rotatable bonds is 12. The van der Waals surface area contributed by atoms with Gasteiger partial charge in [-0.15, -0.1) is 0 Å². The van der Waals surface area contributed by atoms with Gasteiger partial charge >= 0.3 is 5.97 Å².